The molecule has 5 heterocycles. The van der Waals surface area contributed by atoms with Crippen molar-refractivity contribution in [3.05, 3.63) is 58.9 Å². The van der Waals surface area contributed by atoms with Gasteiger partial charge in [0.1, 0.15) is 0 Å². The van der Waals surface area contributed by atoms with Crippen molar-refractivity contribution in [2.24, 2.45) is 5.92 Å². The number of fused-ring (bicyclic) bond motifs is 1. The van der Waals surface area contributed by atoms with Crippen LogP contribution in [-0.4, -0.2) is 65.6 Å². The quantitative estimate of drug-likeness (QED) is 0.452. The first-order valence-electron chi connectivity index (χ1n) is 14.5. The van der Waals surface area contributed by atoms with E-state index >= 15 is 4.39 Å². The standard InChI is InChI=1S/C31H37FN6O/c1-3-21-13-34-10-8-25(21)26-11-24(38-17-23-16-36(19-39)18-28(23)35(38)2)12-27-29(32)30(22-5-4-9-33-14-22)37(31(26)27)15-20-6-7-20/h8,10-13,19-20,22,33H,3-7,9,14-18H2,1-2H3. The molecule has 2 aromatic heterocycles. The molecular weight excluding hydrogens is 491 g/mol. The summed E-state index contributed by atoms with van der Waals surface area (Å²) in [4.78, 5) is 17.6. The van der Waals surface area contributed by atoms with Gasteiger partial charge in [-0.05, 0) is 79.5 Å². The molecule has 0 bridgehead atoms. The normalized spacial score (nSPS) is 21.4. The number of carbonyl (C=O) groups excluding carboxylic acids is 1. The number of hydrogen-bond donors (Lipinski definition) is 1. The maximum Gasteiger partial charge on any atom is 0.210 e. The summed E-state index contributed by atoms with van der Waals surface area (Å²) in [6.45, 7) is 6.86. The molecule has 1 saturated heterocycles. The predicted octanol–water partition coefficient (Wildman–Crippen LogP) is 4.67. The first kappa shape index (κ1) is 24.6. The monoisotopic (exact) mass is 528 g/mol. The smallest absolute Gasteiger partial charge is 0.210 e. The summed E-state index contributed by atoms with van der Waals surface area (Å²) in [5.41, 5.74) is 8.72. The van der Waals surface area contributed by atoms with Crippen LogP contribution in [0.5, 0.6) is 0 Å². The average molecular weight is 529 g/mol. The number of likely N-dealkylation sites (N-methyl/N-ethyl adjacent to an activating group) is 1. The van der Waals surface area contributed by atoms with Crippen molar-refractivity contribution in [2.45, 2.75) is 51.5 Å². The number of hydrazine groups is 1. The largest absolute Gasteiger partial charge is 0.341 e. The van der Waals surface area contributed by atoms with Crippen LogP contribution in [0.1, 0.15) is 49.8 Å². The lowest BCUT2D eigenvalue weighted by atomic mass is 9.95. The molecule has 8 heteroatoms. The topological polar surface area (TPSA) is 56.6 Å². The van der Waals surface area contributed by atoms with E-state index in [1.54, 1.807) is 4.90 Å². The number of benzene rings is 1. The van der Waals surface area contributed by atoms with E-state index in [1.165, 1.54) is 29.7 Å². The van der Waals surface area contributed by atoms with Crippen LogP contribution in [0.3, 0.4) is 0 Å². The van der Waals surface area contributed by atoms with Crippen LogP contribution < -0.4 is 10.3 Å². The lowest BCUT2D eigenvalue weighted by molar-refractivity contribution is -0.117. The number of nitrogens with zero attached hydrogens (tertiary/aromatic N) is 5. The Kier molecular flexibility index (Phi) is 6.10. The molecule has 2 fully saturated rings. The highest BCUT2D eigenvalue weighted by Gasteiger charge is 2.36. The molecule has 1 N–H and O–H groups in total. The molecule has 4 aliphatic rings. The molecule has 0 spiro atoms. The minimum absolute atomic E-state index is 0.0518. The van der Waals surface area contributed by atoms with Gasteiger partial charge in [0, 0.05) is 55.9 Å². The summed E-state index contributed by atoms with van der Waals surface area (Å²) in [5, 5.41) is 8.63. The Balaban J connectivity index is 1.43. The zero-order chi connectivity index (χ0) is 26.7. The molecular formula is C31H37FN6O. The molecule has 1 amide bonds. The van der Waals surface area contributed by atoms with Crippen LogP contribution in [0.25, 0.3) is 22.0 Å². The molecule has 1 saturated carbocycles. The van der Waals surface area contributed by atoms with Crippen LogP contribution in [0.4, 0.5) is 10.1 Å². The van der Waals surface area contributed by atoms with Crippen molar-refractivity contribution in [3.63, 3.8) is 0 Å². The fraction of sp³-hybridized carbons (Fsp3) is 0.484. The number of halogens is 1. The predicted molar refractivity (Wildman–Crippen MR) is 152 cm³/mol. The van der Waals surface area contributed by atoms with E-state index in [-0.39, 0.29) is 11.7 Å². The summed E-state index contributed by atoms with van der Waals surface area (Å²) in [7, 11) is 2.05. The first-order valence-corrected chi connectivity index (χ1v) is 14.5. The van der Waals surface area contributed by atoms with Gasteiger partial charge in [-0.15, -0.1) is 0 Å². The molecule has 39 heavy (non-hydrogen) atoms. The molecule has 1 aliphatic carbocycles. The van der Waals surface area contributed by atoms with Crippen molar-refractivity contribution >= 4 is 23.0 Å². The summed E-state index contributed by atoms with van der Waals surface area (Å²) in [6.07, 6.45) is 10.1. The Morgan fingerprint density at radius 1 is 1.15 bits per heavy atom. The lowest BCUT2D eigenvalue weighted by Gasteiger charge is -2.32. The minimum atomic E-state index is -0.0518. The number of rotatable bonds is 7. The number of amides is 1. The molecule has 0 radical (unpaired) electrons. The number of piperidine rings is 1. The summed E-state index contributed by atoms with van der Waals surface area (Å²) in [5.74, 6) is 0.756. The third kappa shape index (κ3) is 4.11. The van der Waals surface area contributed by atoms with Crippen LogP contribution in [0.2, 0.25) is 0 Å². The fourth-order valence-electron chi connectivity index (χ4n) is 6.95. The third-order valence-electron chi connectivity index (χ3n) is 9.21. The Bertz CT molecular complexity index is 1470. The van der Waals surface area contributed by atoms with Crippen molar-refractivity contribution in [1.29, 1.82) is 0 Å². The zero-order valence-electron chi connectivity index (χ0n) is 22.9. The van der Waals surface area contributed by atoms with E-state index in [0.717, 1.165) is 78.7 Å². The highest BCUT2D eigenvalue weighted by molar-refractivity contribution is 5.99. The van der Waals surface area contributed by atoms with E-state index in [4.69, 9.17) is 0 Å². The number of anilines is 1. The van der Waals surface area contributed by atoms with Crippen molar-refractivity contribution in [2.75, 3.05) is 44.8 Å². The molecule has 3 aliphatic heterocycles. The van der Waals surface area contributed by atoms with E-state index in [9.17, 15) is 4.79 Å². The number of aromatic nitrogens is 2. The van der Waals surface area contributed by atoms with Crippen LogP contribution in [0.15, 0.2) is 41.9 Å². The Hall–Kier alpha value is -3.39. The van der Waals surface area contributed by atoms with Gasteiger partial charge in [0.2, 0.25) is 6.41 Å². The molecule has 1 atom stereocenters. The highest BCUT2D eigenvalue weighted by Crippen LogP contribution is 2.44. The first-order chi connectivity index (χ1) is 19.1. The van der Waals surface area contributed by atoms with Crippen LogP contribution in [-0.2, 0) is 17.8 Å². The van der Waals surface area contributed by atoms with Gasteiger partial charge >= 0.3 is 0 Å². The van der Waals surface area contributed by atoms with E-state index in [2.05, 4.69) is 57.1 Å². The van der Waals surface area contributed by atoms with Gasteiger partial charge in [-0.25, -0.2) is 4.39 Å². The molecule has 7 nitrogen and oxygen atoms in total. The van der Waals surface area contributed by atoms with Gasteiger partial charge < -0.3 is 14.8 Å². The minimum Gasteiger partial charge on any atom is -0.341 e. The van der Waals surface area contributed by atoms with Crippen molar-refractivity contribution < 1.29 is 9.18 Å². The van der Waals surface area contributed by atoms with Gasteiger partial charge in [-0.1, -0.05) is 6.92 Å². The summed E-state index contributed by atoms with van der Waals surface area (Å²) < 4.78 is 19.1. The van der Waals surface area contributed by atoms with Crippen LogP contribution >= 0.6 is 0 Å². The zero-order valence-corrected chi connectivity index (χ0v) is 22.9. The van der Waals surface area contributed by atoms with Gasteiger partial charge in [0.15, 0.2) is 5.82 Å². The number of carbonyl (C=O) groups is 1. The van der Waals surface area contributed by atoms with E-state index in [1.807, 2.05) is 12.4 Å². The number of hydrogen-bond acceptors (Lipinski definition) is 5. The van der Waals surface area contributed by atoms with Gasteiger partial charge in [0.05, 0.1) is 35.7 Å². The maximum atomic E-state index is 16.8. The van der Waals surface area contributed by atoms with Gasteiger partial charge in [-0.2, -0.15) is 0 Å². The van der Waals surface area contributed by atoms with E-state index < -0.39 is 0 Å². The third-order valence-corrected chi connectivity index (χ3v) is 9.21. The van der Waals surface area contributed by atoms with E-state index in [0.29, 0.717) is 25.6 Å². The molecule has 1 aromatic carbocycles. The second kappa shape index (κ2) is 9.66. The average Bonchev–Trinajstić information content (AvgIpc) is 3.52. The number of aryl methyl sites for hydroxylation is 1. The molecule has 204 valence electrons. The number of nitrogens with one attached hydrogen (secondary N) is 1. The Labute approximate surface area is 229 Å². The summed E-state index contributed by atoms with van der Waals surface area (Å²) in [6, 6.07) is 6.43. The molecule has 1 unspecified atom stereocenters. The summed E-state index contributed by atoms with van der Waals surface area (Å²) >= 11 is 0. The Morgan fingerprint density at radius 3 is 2.74 bits per heavy atom. The Morgan fingerprint density at radius 2 is 2.03 bits per heavy atom. The second-order valence-corrected chi connectivity index (χ2v) is 11.7. The maximum absolute atomic E-state index is 16.8. The molecule has 3 aromatic rings. The second-order valence-electron chi connectivity index (χ2n) is 11.7. The highest BCUT2D eigenvalue weighted by atomic mass is 19.1. The fourth-order valence-corrected chi connectivity index (χ4v) is 6.95. The lowest BCUT2D eigenvalue weighted by Crippen LogP contribution is -2.38. The van der Waals surface area contributed by atoms with Crippen molar-refractivity contribution in [3.8, 4) is 11.1 Å². The van der Waals surface area contributed by atoms with Gasteiger partial charge in [-0.3, -0.25) is 19.8 Å². The SMILES string of the molecule is CCc1cnccc1-c1cc(N2CC3=C(CN(C=O)C3)N2C)cc2c(F)c(C3CCCNC3)n(CC3CC3)c12. The van der Waals surface area contributed by atoms with Crippen LogP contribution in [0, 0.1) is 11.7 Å². The van der Waals surface area contributed by atoms with Gasteiger partial charge in [0.25, 0.3) is 0 Å². The molecule has 7 rings (SSSR count). The van der Waals surface area contributed by atoms with Crippen molar-refractivity contribution in [1.82, 2.24) is 24.8 Å². The number of pyridine rings is 1.